The molecule has 0 radical (unpaired) electrons. The summed E-state index contributed by atoms with van der Waals surface area (Å²) in [6.45, 7) is 3.59. The minimum Gasteiger partial charge on any atom is -0.510 e. The third-order valence-corrected chi connectivity index (χ3v) is 3.14. The molecule has 4 heteroatoms. The number of aliphatic hydroxyl groups excluding tert-OH is 1. The molecule has 3 rings (SSSR count). The Hall–Kier alpha value is -2.36. The van der Waals surface area contributed by atoms with Gasteiger partial charge in [-0.3, -0.25) is 9.20 Å². The Balaban J connectivity index is 2.74. The van der Waals surface area contributed by atoms with Gasteiger partial charge in [-0.1, -0.05) is 0 Å². The molecule has 0 aliphatic carbocycles. The van der Waals surface area contributed by atoms with Gasteiger partial charge in [-0.25, -0.2) is 4.98 Å². The Labute approximate surface area is 103 Å². The molecule has 3 aromatic rings. The van der Waals surface area contributed by atoms with Crippen molar-refractivity contribution in [3.05, 3.63) is 51.6 Å². The van der Waals surface area contributed by atoms with Gasteiger partial charge in [-0.05, 0) is 37.6 Å². The highest BCUT2D eigenvalue weighted by atomic mass is 16.3. The number of pyridine rings is 1. The van der Waals surface area contributed by atoms with Crippen LogP contribution < -0.4 is 10.8 Å². The molecule has 90 valence electrons. The third-order valence-electron chi connectivity index (χ3n) is 3.14. The van der Waals surface area contributed by atoms with E-state index in [1.807, 2.05) is 19.1 Å². The molecule has 0 saturated carbocycles. The summed E-state index contributed by atoms with van der Waals surface area (Å²) < 4.78 is 1.80. The summed E-state index contributed by atoms with van der Waals surface area (Å²) in [6, 6.07) is 6.87. The van der Waals surface area contributed by atoms with Crippen molar-refractivity contribution in [1.29, 1.82) is 0 Å². The molecule has 4 nitrogen and oxygen atoms in total. The maximum Gasteiger partial charge on any atom is 0.180 e. The maximum absolute atomic E-state index is 11.5. The van der Waals surface area contributed by atoms with Gasteiger partial charge in [0.05, 0.1) is 11.7 Å². The Kier molecular flexibility index (Phi) is 2.13. The number of benzene rings is 1. The molecule has 2 heterocycles. The number of nitrogens with zero attached hydrogens (tertiary/aromatic N) is 2. The van der Waals surface area contributed by atoms with Crippen LogP contribution in [0.2, 0.25) is 0 Å². The second-order valence-electron chi connectivity index (χ2n) is 4.43. The van der Waals surface area contributed by atoms with Gasteiger partial charge >= 0.3 is 0 Å². The second-order valence-corrected chi connectivity index (χ2v) is 4.43. The maximum atomic E-state index is 11.5. The lowest BCUT2D eigenvalue weighted by Crippen LogP contribution is -2.13. The highest BCUT2D eigenvalue weighted by Crippen LogP contribution is 2.17. The van der Waals surface area contributed by atoms with E-state index in [1.165, 1.54) is 0 Å². The summed E-state index contributed by atoms with van der Waals surface area (Å²) in [5, 5.41) is 11.3. The van der Waals surface area contributed by atoms with Gasteiger partial charge in [-0.15, -0.1) is 0 Å². The van der Waals surface area contributed by atoms with Crippen LogP contribution in [0.25, 0.3) is 22.3 Å². The molecular formula is C14H12N2O2. The Morgan fingerprint density at radius 3 is 2.83 bits per heavy atom. The smallest absolute Gasteiger partial charge is 0.180 e. The number of hydrogen-bond acceptors (Lipinski definition) is 3. The highest BCUT2D eigenvalue weighted by Gasteiger charge is 2.07. The lowest BCUT2D eigenvalue weighted by molar-refractivity contribution is 0.496. The van der Waals surface area contributed by atoms with Crippen molar-refractivity contribution in [1.82, 2.24) is 9.38 Å². The highest BCUT2D eigenvalue weighted by molar-refractivity contribution is 5.85. The molecule has 0 spiro atoms. The average Bonchev–Trinajstić information content (AvgIpc) is 2.72. The summed E-state index contributed by atoms with van der Waals surface area (Å²) in [5.41, 5.74) is 2.52. The van der Waals surface area contributed by atoms with Gasteiger partial charge in [0.1, 0.15) is 16.8 Å². The largest absolute Gasteiger partial charge is 0.510 e. The van der Waals surface area contributed by atoms with E-state index < -0.39 is 0 Å². The minimum atomic E-state index is -0.0513. The van der Waals surface area contributed by atoms with Crippen molar-refractivity contribution in [3.63, 3.8) is 0 Å². The van der Waals surface area contributed by atoms with Crippen LogP contribution >= 0.6 is 0 Å². The average molecular weight is 240 g/mol. The third kappa shape index (κ3) is 1.39. The molecule has 2 aromatic heterocycles. The normalized spacial score (nSPS) is 13.2. The summed E-state index contributed by atoms with van der Waals surface area (Å²) in [5.74, 6) is 0.184. The van der Waals surface area contributed by atoms with E-state index in [0.29, 0.717) is 5.35 Å². The van der Waals surface area contributed by atoms with Crippen LogP contribution in [0.4, 0.5) is 0 Å². The zero-order valence-corrected chi connectivity index (χ0v) is 10.1. The number of hydrogen-bond donors (Lipinski definition) is 1. The molecular weight excluding hydrogens is 228 g/mol. The Morgan fingerprint density at radius 1 is 1.33 bits per heavy atom. The van der Waals surface area contributed by atoms with E-state index in [1.54, 1.807) is 29.7 Å². The number of fused-ring (bicyclic) bond motifs is 3. The zero-order chi connectivity index (χ0) is 12.9. The van der Waals surface area contributed by atoms with Gasteiger partial charge in [-0.2, -0.15) is 0 Å². The predicted octanol–water partition coefficient (Wildman–Crippen LogP) is 1.56. The first-order valence-corrected chi connectivity index (χ1v) is 5.68. The van der Waals surface area contributed by atoms with Crippen molar-refractivity contribution in [2.45, 2.75) is 13.8 Å². The molecule has 0 bridgehead atoms. The first-order chi connectivity index (χ1) is 8.58. The van der Waals surface area contributed by atoms with Crippen LogP contribution in [-0.4, -0.2) is 14.5 Å². The van der Waals surface area contributed by atoms with Crippen LogP contribution in [0.3, 0.4) is 0 Å². The van der Waals surface area contributed by atoms with Gasteiger partial charge in [0.25, 0.3) is 0 Å². The van der Waals surface area contributed by atoms with E-state index in [-0.39, 0.29) is 11.2 Å². The van der Waals surface area contributed by atoms with Crippen LogP contribution in [0.15, 0.2) is 35.3 Å². The van der Waals surface area contributed by atoms with E-state index in [2.05, 4.69) is 4.98 Å². The zero-order valence-electron chi connectivity index (χ0n) is 10.1. The molecule has 0 aliphatic rings. The van der Waals surface area contributed by atoms with Gasteiger partial charge in [0, 0.05) is 11.5 Å². The van der Waals surface area contributed by atoms with Gasteiger partial charge in [0.2, 0.25) is 0 Å². The number of aromatic nitrogens is 2. The molecule has 0 fully saturated rings. The molecule has 0 amide bonds. The fourth-order valence-electron chi connectivity index (χ4n) is 2.28. The molecule has 0 aliphatic heterocycles. The van der Waals surface area contributed by atoms with Crippen molar-refractivity contribution in [2.24, 2.45) is 0 Å². The fraction of sp³-hybridized carbons (Fsp3) is 0.143. The Morgan fingerprint density at radius 2 is 2.11 bits per heavy atom. The molecule has 0 saturated heterocycles. The number of aryl methyl sites for hydroxylation is 1. The first-order valence-electron chi connectivity index (χ1n) is 5.68. The quantitative estimate of drug-likeness (QED) is 0.648. The molecule has 1 N–H and O–H groups in total. The standard InChI is InChI=1S/C14H12N2O2/c1-8-5-14-15-7-13(9(2)17)16(14)12-6-10(18)3-4-11(8)12/h3-7,17H,1-2H3/b13-9+. The van der Waals surface area contributed by atoms with E-state index >= 15 is 0 Å². The number of imidazole rings is 1. The second kappa shape index (κ2) is 3.57. The van der Waals surface area contributed by atoms with E-state index in [9.17, 15) is 9.90 Å². The molecule has 0 atom stereocenters. The number of rotatable bonds is 0. The SMILES string of the molecule is C/C(O)=c1/cnc2cc(C)c3ccc(=O)cc3n12. The summed E-state index contributed by atoms with van der Waals surface area (Å²) >= 11 is 0. The van der Waals surface area contributed by atoms with Crippen molar-refractivity contribution >= 4 is 22.3 Å². The minimum absolute atomic E-state index is 0.0513. The predicted molar refractivity (Wildman–Crippen MR) is 70.6 cm³/mol. The summed E-state index contributed by atoms with van der Waals surface area (Å²) in [6.07, 6.45) is 1.61. The number of aliphatic hydroxyl groups is 1. The Bertz CT molecular complexity index is 874. The molecule has 18 heavy (non-hydrogen) atoms. The summed E-state index contributed by atoms with van der Waals surface area (Å²) in [7, 11) is 0. The van der Waals surface area contributed by atoms with Crippen LogP contribution in [0.1, 0.15) is 12.5 Å². The van der Waals surface area contributed by atoms with Crippen LogP contribution in [0, 0.1) is 6.92 Å². The molecule has 1 aromatic carbocycles. The van der Waals surface area contributed by atoms with Crippen molar-refractivity contribution < 1.29 is 5.11 Å². The van der Waals surface area contributed by atoms with E-state index in [4.69, 9.17) is 0 Å². The van der Waals surface area contributed by atoms with Crippen molar-refractivity contribution in [2.75, 3.05) is 0 Å². The van der Waals surface area contributed by atoms with Crippen LogP contribution in [-0.2, 0) is 0 Å². The van der Waals surface area contributed by atoms with Crippen LogP contribution in [0.5, 0.6) is 0 Å². The van der Waals surface area contributed by atoms with E-state index in [0.717, 1.165) is 22.1 Å². The molecule has 0 unspecified atom stereocenters. The summed E-state index contributed by atoms with van der Waals surface area (Å²) in [4.78, 5) is 15.8. The lowest BCUT2D eigenvalue weighted by Gasteiger charge is -2.05. The lowest BCUT2D eigenvalue weighted by atomic mass is 10.1. The van der Waals surface area contributed by atoms with Crippen molar-refractivity contribution in [3.8, 4) is 0 Å². The van der Waals surface area contributed by atoms with Gasteiger partial charge in [0.15, 0.2) is 5.43 Å². The fourth-order valence-corrected chi connectivity index (χ4v) is 2.28. The topological polar surface area (TPSA) is 54.6 Å². The monoisotopic (exact) mass is 240 g/mol. The first kappa shape index (κ1) is 10.8. The van der Waals surface area contributed by atoms with Gasteiger partial charge < -0.3 is 5.11 Å².